The topological polar surface area (TPSA) is 75.8 Å². The summed E-state index contributed by atoms with van der Waals surface area (Å²) in [5.74, 6) is 1.50. The molecule has 1 aliphatic rings. The number of hydrogen-bond donors (Lipinski definition) is 2. The SMILES string of the molecule is COc1ccc(OC)c([C@H]2CCC[NH+]2[C@H](C)C(=O)Nc2ccccc2C#N)c1. The van der Waals surface area contributed by atoms with Crippen LogP contribution in [0.1, 0.15) is 36.9 Å². The van der Waals surface area contributed by atoms with E-state index in [2.05, 4.69) is 11.4 Å². The molecule has 2 aromatic carbocycles. The second-order valence-corrected chi connectivity index (χ2v) is 7.00. The summed E-state index contributed by atoms with van der Waals surface area (Å²) in [6.45, 7) is 2.84. The van der Waals surface area contributed by atoms with Crippen molar-refractivity contribution < 1.29 is 19.2 Å². The molecule has 2 aromatic rings. The summed E-state index contributed by atoms with van der Waals surface area (Å²) in [6, 6.07) is 14.9. The molecule has 1 heterocycles. The molecule has 3 atom stereocenters. The van der Waals surface area contributed by atoms with E-state index < -0.39 is 0 Å². The minimum atomic E-state index is -0.268. The van der Waals surface area contributed by atoms with Gasteiger partial charge in [-0.25, -0.2) is 0 Å². The molecular weight excluding hydrogens is 354 g/mol. The molecule has 1 fully saturated rings. The van der Waals surface area contributed by atoms with Gasteiger partial charge < -0.3 is 19.7 Å². The zero-order chi connectivity index (χ0) is 20.1. The van der Waals surface area contributed by atoms with Crippen molar-refractivity contribution in [3.05, 3.63) is 53.6 Å². The summed E-state index contributed by atoms with van der Waals surface area (Å²) in [7, 11) is 3.31. The molecule has 1 aliphatic heterocycles. The van der Waals surface area contributed by atoms with Crippen LogP contribution in [0.2, 0.25) is 0 Å². The molecule has 1 amide bonds. The Labute approximate surface area is 165 Å². The smallest absolute Gasteiger partial charge is 0.282 e. The molecule has 1 saturated heterocycles. The number of ether oxygens (including phenoxy) is 2. The van der Waals surface area contributed by atoms with Crippen LogP contribution in [0.3, 0.4) is 0 Å². The third kappa shape index (κ3) is 3.95. The zero-order valence-corrected chi connectivity index (χ0v) is 16.5. The molecule has 28 heavy (non-hydrogen) atoms. The molecule has 0 aromatic heterocycles. The minimum Gasteiger partial charge on any atom is -0.497 e. The Hall–Kier alpha value is -3.04. The van der Waals surface area contributed by atoms with Gasteiger partial charge in [-0.05, 0) is 37.3 Å². The minimum absolute atomic E-state index is 0.0912. The van der Waals surface area contributed by atoms with Crippen LogP contribution in [0.4, 0.5) is 5.69 Å². The Morgan fingerprint density at radius 1 is 1.25 bits per heavy atom. The normalized spacial score (nSPS) is 19.5. The van der Waals surface area contributed by atoms with Crippen LogP contribution in [0.25, 0.3) is 0 Å². The average Bonchev–Trinajstić information content (AvgIpc) is 3.22. The van der Waals surface area contributed by atoms with Gasteiger partial charge in [0.25, 0.3) is 5.91 Å². The fourth-order valence-electron chi connectivity index (χ4n) is 3.95. The number of carbonyl (C=O) groups is 1. The van der Waals surface area contributed by atoms with Crippen molar-refractivity contribution in [3.63, 3.8) is 0 Å². The highest BCUT2D eigenvalue weighted by atomic mass is 16.5. The number of amides is 1. The van der Waals surface area contributed by atoms with Crippen molar-refractivity contribution in [2.24, 2.45) is 0 Å². The molecule has 0 radical (unpaired) electrons. The highest BCUT2D eigenvalue weighted by Crippen LogP contribution is 2.32. The van der Waals surface area contributed by atoms with Gasteiger partial charge in [-0.15, -0.1) is 0 Å². The summed E-state index contributed by atoms with van der Waals surface area (Å²) >= 11 is 0. The molecule has 6 heteroatoms. The van der Waals surface area contributed by atoms with Crippen molar-refractivity contribution in [1.82, 2.24) is 0 Å². The monoisotopic (exact) mass is 380 g/mol. The first kappa shape index (κ1) is 19.7. The Bertz CT molecular complexity index is 891. The van der Waals surface area contributed by atoms with Gasteiger partial charge in [0.2, 0.25) is 0 Å². The number of hydrogen-bond acceptors (Lipinski definition) is 4. The van der Waals surface area contributed by atoms with E-state index in [1.54, 1.807) is 32.4 Å². The third-order valence-corrected chi connectivity index (χ3v) is 5.47. The fourth-order valence-corrected chi connectivity index (χ4v) is 3.95. The van der Waals surface area contributed by atoms with Crippen LogP contribution in [0, 0.1) is 11.3 Å². The van der Waals surface area contributed by atoms with Crippen LogP contribution in [-0.2, 0) is 4.79 Å². The van der Waals surface area contributed by atoms with E-state index in [1.807, 2.05) is 31.2 Å². The van der Waals surface area contributed by atoms with Crippen LogP contribution in [0.15, 0.2) is 42.5 Å². The molecule has 2 N–H and O–H groups in total. The first-order chi connectivity index (χ1) is 13.6. The molecule has 0 saturated carbocycles. The highest BCUT2D eigenvalue weighted by Gasteiger charge is 2.38. The predicted octanol–water partition coefficient (Wildman–Crippen LogP) is 2.32. The van der Waals surface area contributed by atoms with Gasteiger partial charge in [0.05, 0.1) is 37.6 Å². The average molecular weight is 380 g/mol. The van der Waals surface area contributed by atoms with Crippen LogP contribution in [0.5, 0.6) is 11.5 Å². The van der Waals surface area contributed by atoms with Gasteiger partial charge in [0.1, 0.15) is 23.6 Å². The lowest BCUT2D eigenvalue weighted by Gasteiger charge is -2.28. The van der Waals surface area contributed by atoms with Crippen molar-refractivity contribution in [2.45, 2.75) is 31.8 Å². The van der Waals surface area contributed by atoms with E-state index >= 15 is 0 Å². The Kier molecular flexibility index (Phi) is 6.17. The second-order valence-electron chi connectivity index (χ2n) is 7.00. The Morgan fingerprint density at radius 2 is 2.04 bits per heavy atom. The van der Waals surface area contributed by atoms with Gasteiger partial charge in [-0.1, -0.05) is 12.1 Å². The number of para-hydroxylation sites is 1. The van der Waals surface area contributed by atoms with Gasteiger partial charge in [-0.2, -0.15) is 5.26 Å². The van der Waals surface area contributed by atoms with Gasteiger partial charge in [-0.3, -0.25) is 4.79 Å². The Balaban J connectivity index is 1.82. The summed E-state index contributed by atoms with van der Waals surface area (Å²) < 4.78 is 11.0. The number of anilines is 1. The number of likely N-dealkylation sites (tertiary alicyclic amines) is 1. The number of methoxy groups -OCH3 is 2. The number of rotatable bonds is 6. The van der Waals surface area contributed by atoms with Crippen molar-refractivity contribution in [3.8, 4) is 17.6 Å². The van der Waals surface area contributed by atoms with Crippen molar-refractivity contribution in [1.29, 1.82) is 5.26 Å². The predicted molar refractivity (Wildman–Crippen MR) is 107 cm³/mol. The first-order valence-electron chi connectivity index (χ1n) is 9.46. The highest BCUT2D eigenvalue weighted by molar-refractivity contribution is 5.94. The molecule has 0 spiro atoms. The second kappa shape index (κ2) is 8.77. The summed E-state index contributed by atoms with van der Waals surface area (Å²) in [4.78, 5) is 14.1. The van der Waals surface area contributed by atoms with E-state index in [9.17, 15) is 10.1 Å². The maximum Gasteiger partial charge on any atom is 0.282 e. The molecule has 146 valence electrons. The Morgan fingerprint density at radius 3 is 2.75 bits per heavy atom. The van der Waals surface area contributed by atoms with E-state index in [4.69, 9.17) is 9.47 Å². The molecule has 6 nitrogen and oxygen atoms in total. The molecule has 1 unspecified atom stereocenters. The third-order valence-electron chi connectivity index (χ3n) is 5.47. The maximum atomic E-state index is 12.9. The number of nitrogens with one attached hydrogen (secondary N) is 2. The molecule has 0 aliphatic carbocycles. The van der Waals surface area contributed by atoms with Crippen LogP contribution >= 0.6 is 0 Å². The van der Waals surface area contributed by atoms with Gasteiger partial charge >= 0.3 is 0 Å². The molecule has 3 rings (SSSR count). The largest absolute Gasteiger partial charge is 0.497 e. The number of quaternary nitrogens is 1. The van der Waals surface area contributed by atoms with E-state index in [0.717, 1.165) is 36.4 Å². The number of benzene rings is 2. The molecule has 0 bridgehead atoms. The maximum absolute atomic E-state index is 12.9. The molecular formula is C22H26N3O3+. The van der Waals surface area contributed by atoms with Crippen LogP contribution in [-0.4, -0.2) is 32.7 Å². The lowest BCUT2D eigenvalue weighted by molar-refractivity contribution is -0.932. The van der Waals surface area contributed by atoms with Gasteiger partial charge in [0.15, 0.2) is 6.04 Å². The summed E-state index contributed by atoms with van der Waals surface area (Å²) in [6.07, 6.45) is 2.01. The summed E-state index contributed by atoms with van der Waals surface area (Å²) in [5, 5.41) is 12.2. The zero-order valence-electron chi connectivity index (χ0n) is 16.5. The van der Waals surface area contributed by atoms with Gasteiger partial charge in [0, 0.05) is 12.8 Å². The summed E-state index contributed by atoms with van der Waals surface area (Å²) in [5.41, 5.74) is 2.08. The fraction of sp³-hybridized carbons (Fsp3) is 0.364. The number of nitriles is 1. The van der Waals surface area contributed by atoms with Crippen LogP contribution < -0.4 is 19.7 Å². The van der Waals surface area contributed by atoms with E-state index in [0.29, 0.717) is 11.3 Å². The lowest BCUT2D eigenvalue weighted by Crippen LogP contribution is -3.15. The lowest BCUT2D eigenvalue weighted by atomic mass is 10.0. The quantitative estimate of drug-likeness (QED) is 0.807. The standard InChI is InChI=1S/C22H25N3O3/c1-15(22(26)24-19-8-5-4-7-16(19)14-23)25-12-6-9-20(25)18-13-17(27-2)10-11-21(18)28-3/h4-5,7-8,10-11,13,15,20H,6,9,12H2,1-3H3,(H,24,26)/p+1/t15-,20-/m1/s1. The van der Waals surface area contributed by atoms with Crippen molar-refractivity contribution in [2.75, 3.05) is 26.1 Å². The number of carbonyl (C=O) groups excluding carboxylic acids is 1. The van der Waals surface area contributed by atoms with Crippen molar-refractivity contribution >= 4 is 11.6 Å². The van der Waals surface area contributed by atoms with E-state index in [-0.39, 0.29) is 18.0 Å². The number of nitrogens with zero attached hydrogens (tertiary/aromatic N) is 1. The first-order valence-corrected chi connectivity index (χ1v) is 9.46. The van der Waals surface area contributed by atoms with E-state index in [1.165, 1.54) is 4.90 Å².